The molecule has 1 aromatic heterocycles. The normalized spacial score (nSPS) is 18.8. The summed E-state index contributed by atoms with van der Waals surface area (Å²) in [6.07, 6.45) is 2.59. The van der Waals surface area contributed by atoms with E-state index in [2.05, 4.69) is 19.7 Å². The first kappa shape index (κ1) is 10.5. The molecule has 3 N–H and O–H groups in total. The predicted octanol–water partition coefficient (Wildman–Crippen LogP) is -1.20. The molecule has 6 nitrogen and oxygen atoms in total. The van der Waals surface area contributed by atoms with E-state index in [1.165, 1.54) is 0 Å². The Morgan fingerprint density at radius 1 is 1.53 bits per heavy atom. The summed E-state index contributed by atoms with van der Waals surface area (Å²) >= 11 is 0. The molecule has 0 spiro atoms. The highest BCUT2D eigenvalue weighted by Gasteiger charge is 2.17. The molecule has 0 fully saturated rings. The van der Waals surface area contributed by atoms with Gasteiger partial charge in [0.2, 0.25) is 0 Å². The Hall–Kier alpha value is -0.980. The third-order valence-electron chi connectivity index (χ3n) is 2.77. The van der Waals surface area contributed by atoms with Crippen LogP contribution in [0.1, 0.15) is 12.2 Å². The predicted molar refractivity (Wildman–Crippen MR) is 55.0 cm³/mol. The number of nitrogens with two attached hydrogens (primary N) is 1. The summed E-state index contributed by atoms with van der Waals surface area (Å²) in [6.45, 7) is 3.75. The van der Waals surface area contributed by atoms with Gasteiger partial charge >= 0.3 is 0 Å². The molecule has 1 unspecified atom stereocenters. The van der Waals surface area contributed by atoms with E-state index in [9.17, 15) is 0 Å². The SMILES string of the molecule is NC(CO)CCN1CCn2cnnc2C1. The lowest BCUT2D eigenvalue weighted by molar-refractivity contribution is 0.193. The van der Waals surface area contributed by atoms with Gasteiger partial charge in [-0.1, -0.05) is 0 Å². The maximum Gasteiger partial charge on any atom is 0.147 e. The zero-order valence-corrected chi connectivity index (χ0v) is 8.71. The molecule has 0 aliphatic carbocycles. The van der Waals surface area contributed by atoms with Crippen LogP contribution in [0.15, 0.2) is 6.33 Å². The van der Waals surface area contributed by atoms with Crippen LogP contribution in [0.2, 0.25) is 0 Å². The van der Waals surface area contributed by atoms with Gasteiger partial charge in [-0.15, -0.1) is 10.2 Å². The average molecular weight is 211 g/mol. The van der Waals surface area contributed by atoms with Crippen LogP contribution < -0.4 is 5.73 Å². The first-order valence-corrected chi connectivity index (χ1v) is 5.25. The van der Waals surface area contributed by atoms with Crippen LogP contribution in [-0.4, -0.2) is 50.5 Å². The molecule has 0 saturated heterocycles. The van der Waals surface area contributed by atoms with Crippen LogP contribution in [0.25, 0.3) is 0 Å². The Morgan fingerprint density at radius 2 is 2.40 bits per heavy atom. The molecule has 84 valence electrons. The Balaban J connectivity index is 1.82. The van der Waals surface area contributed by atoms with Crippen LogP contribution in [0, 0.1) is 0 Å². The first-order valence-electron chi connectivity index (χ1n) is 5.25. The third kappa shape index (κ3) is 2.53. The van der Waals surface area contributed by atoms with Gasteiger partial charge in [0.25, 0.3) is 0 Å². The molecular weight excluding hydrogens is 194 g/mol. The van der Waals surface area contributed by atoms with Gasteiger partial charge in [0.1, 0.15) is 12.2 Å². The fourth-order valence-electron chi connectivity index (χ4n) is 1.75. The molecule has 6 heteroatoms. The van der Waals surface area contributed by atoms with E-state index < -0.39 is 0 Å². The van der Waals surface area contributed by atoms with Crippen molar-refractivity contribution in [3.63, 3.8) is 0 Å². The van der Waals surface area contributed by atoms with Gasteiger partial charge in [0.15, 0.2) is 0 Å². The van der Waals surface area contributed by atoms with E-state index in [0.717, 1.165) is 38.4 Å². The highest BCUT2D eigenvalue weighted by atomic mass is 16.3. The van der Waals surface area contributed by atoms with Gasteiger partial charge < -0.3 is 15.4 Å². The molecular formula is C9H17N5O. The second-order valence-corrected chi connectivity index (χ2v) is 3.95. The average Bonchev–Trinajstić information content (AvgIpc) is 2.72. The molecule has 0 amide bonds. The molecule has 2 rings (SSSR count). The van der Waals surface area contributed by atoms with E-state index in [1.54, 1.807) is 6.33 Å². The second kappa shape index (κ2) is 4.69. The maximum atomic E-state index is 8.82. The van der Waals surface area contributed by atoms with Crippen molar-refractivity contribution in [2.75, 3.05) is 19.7 Å². The van der Waals surface area contributed by atoms with Gasteiger partial charge in [-0.05, 0) is 6.42 Å². The topological polar surface area (TPSA) is 80.2 Å². The quantitative estimate of drug-likeness (QED) is 0.654. The van der Waals surface area contributed by atoms with E-state index in [1.807, 2.05) is 0 Å². The van der Waals surface area contributed by atoms with Gasteiger partial charge in [-0.25, -0.2) is 0 Å². The molecule has 1 aliphatic rings. The minimum atomic E-state index is -0.107. The summed E-state index contributed by atoms with van der Waals surface area (Å²) < 4.78 is 2.07. The van der Waals surface area contributed by atoms with E-state index >= 15 is 0 Å². The Bertz CT molecular complexity index is 313. The van der Waals surface area contributed by atoms with Crippen molar-refractivity contribution < 1.29 is 5.11 Å². The van der Waals surface area contributed by atoms with E-state index in [4.69, 9.17) is 10.8 Å². The van der Waals surface area contributed by atoms with E-state index in [-0.39, 0.29) is 12.6 Å². The van der Waals surface area contributed by atoms with Crippen molar-refractivity contribution in [1.29, 1.82) is 0 Å². The Labute approximate surface area is 88.7 Å². The number of hydrogen-bond donors (Lipinski definition) is 2. The van der Waals surface area contributed by atoms with E-state index in [0.29, 0.717) is 0 Å². The van der Waals surface area contributed by atoms with Gasteiger partial charge in [-0.3, -0.25) is 4.90 Å². The molecule has 2 heterocycles. The monoisotopic (exact) mass is 211 g/mol. The lowest BCUT2D eigenvalue weighted by atomic mass is 10.2. The number of nitrogens with zero attached hydrogens (tertiary/aromatic N) is 4. The van der Waals surface area contributed by atoms with Crippen LogP contribution in [0.3, 0.4) is 0 Å². The smallest absolute Gasteiger partial charge is 0.147 e. The highest BCUT2D eigenvalue weighted by Crippen LogP contribution is 2.09. The zero-order valence-electron chi connectivity index (χ0n) is 8.71. The van der Waals surface area contributed by atoms with Crippen molar-refractivity contribution in [3.8, 4) is 0 Å². The lowest BCUT2D eigenvalue weighted by Crippen LogP contribution is -2.37. The number of fused-ring (bicyclic) bond motifs is 1. The van der Waals surface area contributed by atoms with Crippen molar-refractivity contribution in [3.05, 3.63) is 12.2 Å². The molecule has 1 atom stereocenters. The van der Waals surface area contributed by atoms with Crippen LogP contribution in [0.4, 0.5) is 0 Å². The van der Waals surface area contributed by atoms with Crippen molar-refractivity contribution >= 4 is 0 Å². The molecule has 0 radical (unpaired) electrons. The number of aliphatic hydroxyl groups is 1. The highest BCUT2D eigenvalue weighted by molar-refractivity contribution is 4.89. The van der Waals surface area contributed by atoms with Gasteiger partial charge in [-0.2, -0.15) is 0 Å². The number of rotatable bonds is 4. The molecule has 1 aromatic rings. The van der Waals surface area contributed by atoms with Crippen molar-refractivity contribution in [2.45, 2.75) is 25.6 Å². The third-order valence-corrected chi connectivity index (χ3v) is 2.77. The van der Waals surface area contributed by atoms with Crippen molar-refractivity contribution in [2.24, 2.45) is 5.73 Å². The molecule has 15 heavy (non-hydrogen) atoms. The van der Waals surface area contributed by atoms with Crippen LogP contribution in [0.5, 0.6) is 0 Å². The molecule has 1 aliphatic heterocycles. The molecule has 0 saturated carbocycles. The standard InChI is InChI=1S/C9H17N5O/c10-8(6-15)1-2-13-3-4-14-7-11-12-9(14)5-13/h7-8,15H,1-6,10H2. The van der Waals surface area contributed by atoms with Gasteiger partial charge in [0.05, 0.1) is 13.2 Å². The molecule has 0 bridgehead atoms. The minimum Gasteiger partial charge on any atom is -0.395 e. The summed E-state index contributed by atoms with van der Waals surface area (Å²) in [6, 6.07) is -0.107. The largest absolute Gasteiger partial charge is 0.395 e. The summed E-state index contributed by atoms with van der Waals surface area (Å²) in [5.41, 5.74) is 5.65. The Kier molecular flexibility index (Phi) is 3.30. The van der Waals surface area contributed by atoms with Gasteiger partial charge in [0, 0.05) is 25.7 Å². The number of aliphatic hydroxyl groups excluding tert-OH is 1. The fourth-order valence-corrected chi connectivity index (χ4v) is 1.75. The number of aromatic nitrogens is 3. The summed E-state index contributed by atoms with van der Waals surface area (Å²) in [5.74, 6) is 1.01. The van der Waals surface area contributed by atoms with Crippen LogP contribution in [-0.2, 0) is 13.1 Å². The van der Waals surface area contributed by atoms with Crippen molar-refractivity contribution in [1.82, 2.24) is 19.7 Å². The first-order chi connectivity index (χ1) is 7.29. The zero-order chi connectivity index (χ0) is 10.7. The molecule has 0 aromatic carbocycles. The summed E-state index contributed by atoms with van der Waals surface area (Å²) in [4.78, 5) is 2.29. The summed E-state index contributed by atoms with van der Waals surface area (Å²) in [5, 5.41) is 16.7. The second-order valence-electron chi connectivity index (χ2n) is 3.95. The minimum absolute atomic E-state index is 0.0595. The van der Waals surface area contributed by atoms with Crippen LogP contribution >= 0.6 is 0 Å². The number of hydrogen-bond acceptors (Lipinski definition) is 5. The Morgan fingerprint density at radius 3 is 3.20 bits per heavy atom. The lowest BCUT2D eigenvalue weighted by Gasteiger charge is -2.27. The maximum absolute atomic E-state index is 8.82. The summed E-state index contributed by atoms with van der Waals surface area (Å²) in [7, 11) is 0. The fraction of sp³-hybridized carbons (Fsp3) is 0.778.